The van der Waals surface area contributed by atoms with Crippen molar-refractivity contribution >= 4 is 27.7 Å². The van der Waals surface area contributed by atoms with Crippen LogP contribution in [0.5, 0.6) is 0 Å². The molecule has 1 N–H and O–H groups in total. The van der Waals surface area contributed by atoms with E-state index in [0.717, 1.165) is 15.9 Å². The highest BCUT2D eigenvalue weighted by molar-refractivity contribution is 9.10. The molecule has 1 saturated heterocycles. The normalized spacial score (nSPS) is 19.7. The third-order valence-electron chi connectivity index (χ3n) is 2.91. The number of amides is 1. The first kappa shape index (κ1) is 13.3. The molecule has 98 valence electrons. The van der Waals surface area contributed by atoms with E-state index in [1.807, 2.05) is 17.9 Å². The molecule has 0 aromatic carbocycles. The summed E-state index contributed by atoms with van der Waals surface area (Å²) >= 11 is 3.50. The molecule has 2 heterocycles. The summed E-state index contributed by atoms with van der Waals surface area (Å²) in [6, 6.07) is 1.67. The van der Waals surface area contributed by atoms with Crippen LogP contribution in [0.15, 0.2) is 16.7 Å². The first-order valence-electron chi connectivity index (χ1n) is 5.81. The molecule has 1 aromatic rings. The molecule has 1 unspecified atom stereocenters. The maximum Gasteiger partial charge on any atom is 0.244 e. The van der Waals surface area contributed by atoms with E-state index in [0.29, 0.717) is 19.8 Å². The number of nitrogens with one attached hydrogen (secondary N) is 1. The standard InChI is InChI=1S/C12H16BrN3O2/c1-8-5-9(13)11(15-6-8)16-3-4-18-7-10(16)12(17)14-2/h5-6,10H,3-4,7H2,1-2H3,(H,14,17). The number of hydrogen-bond acceptors (Lipinski definition) is 4. The van der Waals surface area contributed by atoms with E-state index in [9.17, 15) is 4.79 Å². The molecule has 18 heavy (non-hydrogen) atoms. The van der Waals surface area contributed by atoms with Crippen LogP contribution < -0.4 is 10.2 Å². The highest BCUT2D eigenvalue weighted by atomic mass is 79.9. The van der Waals surface area contributed by atoms with Crippen LogP contribution in [0.1, 0.15) is 5.56 Å². The van der Waals surface area contributed by atoms with Gasteiger partial charge in [0.2, 0.25) is 5.91 Å². The number of carbonyl (C=O) groups is 1. The van der Waals surface area contributed by atoms with E-state index in [2.05, 4.69) is 26.2 Å². The lowest BCUT2D eigenvalue weighted by Gasteiger charge is -2.35. The molecule has 1 aliphatic rings. The van der Waals surface area contributed by atoms with Crippen LogP contribution in [0.25, 0.3) is 0 Å². The SMILES string of the molecule is CNC(=O)C1COCCN1c1ncc(C)cc1Br. The first-order chi connectivity index (χ1) is 8.63. The third-order valence-corrected chi connectivity index (χ3v) is 3.49. The number of rotatable bonds is 2. The Balaban J connectivity index is 2.30. The minimum atomic E-state index is -0.324. The fourth-order valence-electron chi connectivity index (χ4n) is 1.98. The Bertz CT molecular complexity index is 453. The Morgan fingerprint density at radius 2 is 2.44 bits per heavy atom. The summed E-state index contributed by atoms with van der Waals surface area (Å²) in [5, 5.41) is 2.66. The largest absolute Gasteiger partial charge is 0.377 e. The molecule has 1 aromatic heterocycles. The number of morpholine rings is 1. The van der Waals surface area contributed by atoms with Gasteiger partial charge in [0.05, 0.1) is 17.7 Å². The number of ether oxygens (including phenoxy) is 1. The maximum atomic E-state index is 11.9. The zero-order valence-corrected chi connectivity index (χ0v) is 12.0. The van der Waals surface area contributed by atoms with Crippen LogP contribution in [-0.4, -0.2) is 43.7 Å². The van der Waals surface area contributed by atoms with Crippen molar-refractivity contribution in [3.05, 3.63) is 22.3 Å². The molecule has 1 aliphatic heterocycles. The van der Waals surface area contributed by atoms with E-state index >= 15 is 0 Å². The van der Waals surface area contributed by atoms with Gasteiger partial charge in [0.15, 0.2) is 0 Å². The van der Waals surface area contributed by atoms with Crippen molar-refractivity contribution in [1.82, 2.24) is 10.3 Å². The number of pyridine rings is 1. The number of aromatic nitrogens is 1. The van der Waals surface area contributed by atoms with Crippen molar-refractivity contribution in [2.24, 2.45) is 0 Å². The molecule has 0 bridgehead atoms. The van der Waals surface area contributed by atoms with Crippen LogP contribution in [0.4, 0.5) is 5.82 Å². The molecule has 0 radical (unpaired) electrons. The van der Waals surface area contributed by atoms with Crippen LogP contribution in [-0.2, 0) is 9.53 Å². The average Bonchev–Trinajstić information content (AvgIpc) is 2.38. The number of carbonyl (C=O) groups excluding carboxylic acids is 1. The van der Waals surface area contributed by atoms with Gasteiger partial charge >= 0.3 is 0 Å². The Labute approximate surface area is 115 Å². The predicted octanol–water partition coefficient (Wildman–Crippen LogP) is 1.10. The van der Waals surface area contributed by atoms with E-state index in [1.54, 1.807) is 13.2 Å². The second-order valence-electron chi connectivity index (χ2n) is 4.22. The number of anilines is 1. The number of halogens is 1. The van der Waals surface area contributed by atoms with Gasteiger partial charge in [-0.1, -0.05) is 0 Å². The molecule has 5 nitrogen and oxygen atoms in total. The van der Waals surface area contributed by atoms with E-state index in [-0.39, 0.29) is 11.9 Å². The first-order valence-corrected chi connectivity index (χ1v) is 6.61. The van der Waals surface area contributed by atoms with E-state index in [1.165, 1.54) is 0 Å². The molecule has 6 heteroatoms. The second kappa shape index (κ2) is 5.67. The summed E-state index contributed by atoms with van der Waals surface area (Å²) in [6.45, 7) is 3.64. The summed E-state index contributed by atoms with van der Waals surface area (Å²) < 4.78 is 6.28. The molecule has 0 spiro atoms. The Morgan fingerprint density at radius 1 is 1.67 bits per heavy atom. The molecule has 0 saturated carbocycles. The van der Waals surface area contributed by atoms with Crippen LogP contribution in [0.2, 0.25) is 0 Å². The van der Waals surface area contributed by atoms with Crippen molar-refractivity contribution < 1.29 is 9.53 Å². The highest BCUT2D eigenvalue weighted by Gasteiger charge is 2.30. The molecule has 1 atom stereocenters. The highest BCUT2D eigenvalue weighted by Crippen LogP contribution is 2.27. The van der Waals surface area contributed by atoms with Crippen molar-refractivity contribution in [2.45, 2.75) is 13.0 Å². The van der Waals surface area contributed by atoms with Crippen LogP contribution in [0.3, 0.4) is 0 Å². The number of likely N-dealkylation sites (N-methyl/N-ethyl adjacent to an activating group) is 1. The lowest BCUT2D eigenvalue weighted by Crippen LogP contribution is -2.53. The molecule has 2 rings (SSSR count). The second-order valence-corrected chi connectivity index (χ2v) is 5.07. The van der Waals surface area contributed by atoms with Gasteiger partial charge in [-0.3, -0.25) is 4.79 Å². The molecule has 1 fully saturated rings. The fourth-order valence-corrected chi connectivity index (χ4v) is 2.67. The van der Waals surface area contributed by atoms with Gasteiger partial charge in [-0.15, -0.1) is 0 Å². The molecule has 0 aliphatic carbocycles. The van der Waals surface area contributed by atoms with Gasteiger partial charge < -0.3 is 15.0 Å². The number of aryl methyl sites for hydroxylation is 1. The summed E-state index contributed by atoms with van der Waals surface area (Å²) in [5.41, 5.74) is 1.08. The summed E-state index contributed by atoms with van der Waals surface area (Å²) in [5.74, 6) is 0.737. The van der Waals surface area contributed by atoms with Gasteiger partial charge in [-0.2, -0.15) is 0 Å². The number of nitrogens with zero attached hydrogens (tertiary/aromatic N) is 2. The smallest absolute Gasteiger partial charge is 0.244 e. The van der Waals surface area contributed by atoms with Crippen molar-refractivity contribution in [2.75, 3.05) is 31.7 Å². The van der Waals surface area contributed by atoms with Crippen LogP contribution >= 0.6 is 15.9 Å². The topological polar surface area (TPSA) is 54.5 Å². The van der Waals surface area contributed by atoms with E-state index < -0.39 is 0 Å². The quantitative estimate of drug-likeness (QED) is 0.888. The third kappa shape index (κ3) is 2.64. The summed E-state index contributed by atoms with van der Waals surface area (Å²) in [4.78, 5) is 18.2. The van der Waals surface area contributed by atoms with Crippen molar-refractivity contribution in [3.8, 4) is 0 Å². The number of hydrogen-bond donors (Lipinski definition) is 1. The maximum absolute atomic E-state index is 11.9. The lowest BCUT2D eigenvalue weighted by atomic mass is 10.2. The minimum absolute atomic E-state index is 0.0519. The van der Waals surface area contributed by atoms with Gasteiger partial charge in [-0.05, 0) is 34.5 Å². The van der Waals surface area contributed by atoms with Gasteiger partial charge in [0.1, 0.15) is 11.9 Å². The summed E-state index contributed by atoms with van der Waals surface area (Å²) in [7, 11) is 1.63. The van der Waals surface area contributed by atoms with Crippen molar-refractivity contribution in [3.63, 3.8) is 0 Å². The minimum Gasteiger partial charge on any atom is -0.377 e. The predicted molar refractivity (Wildman–Crippen MR) is 72.7 cm³/mol. The van der Waals surface area contributed by atoms with Gasteiger partial charge in [0, 0.05) is 19.8 Å². The zero-order valence-electron chi connectivity index (χ0n) is 10.4. The molecule has 1 amide bonds. The Morgan fingerprint density at radius 3 is 3.11 bits per heavy atom. The van der Waals surface area contributed by atoms with Crippen molar-refractivity contribution in [1.29, 1.82) is 0 Å². The molecular formula is C12H16BrN3O2. The Kier molecular flexibility index (Phi) is 4.19. The van der Waals surface area contributed by atoms with Gasteiger partial charge in [-0.25, -0.2) is 4.98 Å². The fraction of sp³-hybridized carbons (Fsp3) is 0.500. The zero-order chi connectivity index (χ0) is 13.1. The average molecular weight is 314 g/mol. The summed E-state index contributed by atoms with van der Waals surface area (Å²) in [6.07, 6.45) is 1.80. The Hall–Kier alpha value is -1.14. The van der Waals surface area contributed by atoms with Gasteiger partial charge in [0.25, 0.3) is 0 Å². The monoisotopic (exact) mass is 313 g/mol. The molecular weight excluding hydrogens is 298 g/mol. The van der Waals surface area contributed by atoms with Crippen LogP contribution in [0, 0.1) is 6.92 Å². The van der Waals surface area contributed by atoms with E-state index in [4.69, 9.17) is 4.74 Å². The lowest BCUT2D eigenvalue weighted by molar-refractivity contribution is -0.124.